The Balaban J connectivity index is 1.72. The molecule has 1 saturated heterocycles. The van der Waals surface area contributed by atoms with Gasteiger partial charge >= 0.3 is 0 Å². The second-order valence-electron chi connectivity index (χ2n) is 6.20. The molecule has 4 nitrogen and oxygen atoms in total. The van der Waals surface area contributed by atoms with Crippen LogP contribution in [0.15, 0.2) is 52.9 Å². The quantitative estimate of drug-likeness (QED) is 0.674. The normalized spacial score (nSPS) is 17.8. The van der Waals surface area contributed by atoms with E-state index in [1.54, 1.807) is 12.1 Å². The Morgan fingerprint density at radius 1 is 1.20 bits per heavy atom. The third-order valence-corrected chi connectivity index (χ3v) is 4.90. The molecule has 0 N–H and O–H groups in total. The van der Waals surface area contributed by atoms with Crippen molar-refractivity contribution in [3.63, 3.8) is 0 Å². The van der Waals surface area contributed by atoms with Gasteiger partial charge in [-0.15, -0.1) is 0 Å². The smallest absolute Gasteiger partial charge is 0.290 e. The molecule has 5 heteroatoms. The third-order valence-electron chi connectivity index (χ3n) is 4.67. The molecule has 0 bridgehead atoms. The molecule has 1 aliphatic rings. The number of carbonyl (C=O) groups is 1. The Morgan fingerprint density at radius 2 is 2.00 bits per heavy atom. The van der Waals surface area contributed by atoms with E-state index in [0.29, 0.717) is 36.1 Å². The van der Waals surface area contributed by atoms with Crippen molar-refractivity contribution in [3.05, 3.63) is 70.4 Å². The first kappa shape index (κ1) is 16.2. The number of furan rings is 1. The van der Waals surface area contributed by atoms with Crippen molar-refractivity contribution < 1.29 is 13.9 Å². The molecule has 0 aliphatic carbocycles. The summed E-state index contributed by atoms with van der Waals surface area (Å²) in [6.45, 7) is 3.45. The van der Waals surface area contributed by atoms with Crippen molar-refractivity contribution in [2.45, 2.75) is 13.0 Å². The summed E-state index contributed by atoms with van der Waals surface area (Å²) in [4.78, 5) is 15.0. The van der Waals surface area contributed by atoms with Gasteiger partial charge in [0.1, 0.15) is 5.58 Å². The lowest BCUT2D eigenvalue weighted by atomic mass is 10.0. The van der Waals surface area contributed by atoms with Crippen LogP contribution in [0.25, 0.3) is 11.0 Å². The van der Waals surface area contributed by atoms with Crippen molar-refractivity contribution in [1.82, 2.24) is 4.90 Å². The van der Waals surface area contributed by atoms with Gasteiger partial charge in [-0.2, -0.15) is 0 Å². The van der Waals surface area contributed by atoms with Gasteiger partial charge in [-0.25, -0.2) is 0 Å². The summed E-state index contributed by atoms with van der Waals surface area (Å²) in [7, 11) is 0. The Labute approximate surface area is 150 Å². The van der Waals surface area contributed by atoms with E-state index >= 15 is 0 Å². The van der Waals surface area contributed by atoms with Gasteiger partial charge in [-0.3, -0.25) is 4.79 Å². The van der Waals surface area contributed by atoms with Gasteiger partial charge in [0.15, 0.2) is 5.76 Å². The molecule has 128 valence electrons. The molecule has 1 aliphatic heterocycles. The van der Waals surface area contributed by atoms with E-state index in [9.17, 15) is 4.79 Å². The highest BCUT2D eigenvalue weighted by Gasteiger charge is 2.32. The molecule has 2 aromatic carbocycles. The summed E-state index contributed by atoms with van der Waals surface area (Å²) >= 11 is 6.08. The SMILES string of the molecule is Cc1c(C(=O)N2CCOCC2c2ccccc2)oc2ccc(Cl)cc12. The summed E-state index contributed by atoms with van der Waals surface area (Å²) < 4.78 is 11.5. The van der Waals surface area contributed by atoms with Gasteiger partial charge in [0.05, 0.1) is 19.3 Å². The first-order valence-electron chi connectivity index (χ1n) is 8.27. The minimum atomic E-state index is -0.112. The predicted molar refractivity (Wildman–Crippen MR) is 97.0 cm³/mol. The molecule has 1 atom stereocenters. The van der Waals surface area contributed by atoms with E-state index < -0.39 is 0 Å². The zero-order valence-corrected chi connectivity index (χ0v) is 14.6. The first-order valence-corrected chi connectivity index (χ1v) is 8.65. The van der Waals surface area contributed by atoms with Gasteiger partial charge in [0, 0.05) is 22.5 Å². The minimum Gasteiger partial charge on any atom is -0.451 e. The number of rotatable bonds is 2. The number of benzene rings is 2. The van der Waals surface area contributed by atoms with E-state index in [2.05, 4.69) is 0 Å². The number of carbonyl (C=O) groups excluding carboxylic acids is 1. The topological polar surface area (TPSA) is 42.7 Å². The second kappa shape index (κ2) is 6.54. The summed E-state index contributed by atoms with van der Waals surface area (Å²) in [5.74, 6) is 0.266. The Bertz CT molecular complexity index is 919. The van der Waals surface area contributed by atoms with E-state index in [0.717, 1.165) is 16.5 Å². The molecule has 0 spiro atoms. The van der Waals surface area contributed by atoms with E-state index in [4.69, 9.17) is 20.8 Å². The Hall–Kier alpha value is -2.30. The van der Waals surface area contributed by atoms with Gasteiger partial charge in [0.2, 0.25) is 0 Å². The maximum absolute atomic E-state index is 13.2. The van der Waals surface area contributed by atoms with Crippen LogP contribution in [0.4, 0.5) is 0 Å². The average Bonchev–Trinajstić information content (AvgIpc) is 2.98. The maximum Gasteiger partial charge on any atom is 0.290 e. The Morgan fingerprint density at radius 3 is 2.80 bits per heavy atom. The van der Waals surface area contributed by atoms with Gasteiger partial charge in [-0.05, 0) is 30.7 Å². The molecule has 1 unspecified atom stereocenters. The molecule has 3 aromatic rings. The molecule has 1 fully saturated rings. The number of ether oxygens (including phenoxy) is 1. The molecule has 0 radical (unpaired) electrons. The zero-order chi connectivity index (χ0) is 17.4. The minimum absolute atomic E-state index is 0.109. The van der Waals surface area contributed by atoms with Crippen molar-refractivity contribution in [2.24, 2.45) is 0 Å². The van der Waals surface area contributed by atoms with Crippen molar-refractivity contribution in [2.75, 3.05) is 19.8 Å². The van der Waals surface area contributed by atoms with Crippen LogP contribution in [-0.2, 0) is 4.74 Å². The monoisotopic (exact) mass is 355 g/mol. The summed E-state index contributed by atoms with van der Waals surface area (Å²) in [5, 5.41) is 1.50. The second-order valence-corrected chi connectivity index (χ2v) is 6.63. The number of nitrogens with zero attached hydrogens (tertiary/aromatic N) is 1. The highest BCUT2D eigenvalue weighted by molar-refractivity contribution is 6.31. The fourth-order valence-corrected chi connectivity index (χ4v) is 3.50. The summed E-state index contributed by atoms with van der Waals surface area (Å²) in [6, 6.07) is 15.2. The van der Waals surface area contributed by atoms with Crippen LogP contribution in [0.2, 0.25) is 5.02 Å². The van der Waals surface area contributed by atoms with Crippen LogP contribution >= 0.6 is 11.6 Å². The van der Waals surface area contributed by atoms with Crippen LogP contribution in [-0.4, -0.2) is 30.6 Å². The number of halogens is 1. The third kappa shape index (κ3) is 2.92. The number of amides is 1. The lowest BCUT2D eigenvalue weighted by Gasteiger charge is -2.35. The van der Waals surface area contributed by atoms with Crippen LogP contribution in [0.3, 0.4) is 0 Å². The average molecular weight is 356 g/mol. The highest BCUT2D eigenvalue weighted by atomic mass is 35.5. The molecule has 2 heterocycles. The molecule has 1 aromatic heterocycles. The van der Waals surface area contributed by atoms with Crippen LogP contribution in [0.5, 0.6) is 0 Å². The van der Waals surface area contributed by atoms with Crippen LogP contribution < -0.4 is 0 Å². The maximum atomic E-state index is 13.2. The van der Waals surface area contributed by atoms with E-state index in [1.807, 2.05) is 48.2 Å². The standard InChI is InChI=1S/C20H18ClNO3/c1-13-16-11-15(21)7-8-18(16)25-19(13)20(23)22-9-10-24-12-17(22)14-5-3-2-4-6-14/h2-8,11,17H,9-10,12H2,1H3. The highest BCUT2D eigenvalue weighted by Crippen LogP contribution is 2.31. The van der Waals surface area contributed by atoms with Crippen molar-refractivity contribution >= 4 is 28.5 Å². The zero-order valence-electron chi connectivity index (χ0n) is 13.9. The predicted octanol–water partition coefficient (Wildman–Crippen LogP) is 4.61. The van der Waals surface area contributed by atoms with Crippen LogP contribution in [0, 0.1) is 6.92 Å². The van der Waals surface area contributed by atoms with Crippen molar-refractivity contribution in [3.8, 4) is 0 Å². The molecule has 1 amide bonds. The molecular formula is C20H18ClNO3. The van der Waals surface area contributed by atoms with Gasteiger partial charge < -0.3 is 14.1 Å². The summed E-state index contributed by atoms with van der Waals surface area (Å²) in [6.07, 6.45) is 0. The van der Waals surface area contributed by atoms with Crippen LogP contribution in [0.1, 0.15) is 27.7 Å². The van der Waals surface area contributed by atoms with Gasteiger partial charge in [-0.1, -0.05) is 41.9 Å². The van der Waals surface area contributed by atoms with Crippen molar-refractivity contribution in [1.29, 1.82) is 0 Å². The largest absolute Gasteiger partial charge is 0.451 e. The molecule has 4 rings (SSSR count). The first-order chi connectivity index (χ1) is 12.1. The number of hydrogen-bond donors (Lipinski definition) is 0. The number of aryl methyl sites for hydroxylation is 1. The van der Waals surface area contributed by atoms with E-state index in [1.165, 1.54) is 0 Å². The number of morpholine rings is 1. The molecule has 0 saturated carbocycles. The number of fused-ring (bicyclic) bond motifs is 1. The Kier molecular flexibility index (Phi) is 4.24. The van der Waals surface area contributed by atoms with E-state index in [-0.39, 0.29) is 11.9 Å². The number of hydrogen-bond acceptors (Lipinski definition) is 3. The fourth-order valence-electron chi connectivity index (χ4n) is 3.33. The fraction of sp³-hybridized carbons (Fsp3) is 0.250. The molecular weight excluding hydrogens is 338 g/mol. The molecule has 25 heavy (non-hydrogen) atoms. The summed E-state index contributed by atoms with van der Waals surface area (Å²) in [5.41, 5.74) is 2.56. The lowest BCUT2D eigenvalue weighted by molar-refractivity contribution is -0.00420. The lowest BCUT2D eigenvalue weighted by Crippen LogP contribution is -2.43. The van der Waals surface area contributed by atoms with Gasteiger partial charge in [0.25, 0.3) is 5.91 Å².